The highest BCUT2D eigenvalue weighted by Gasteiger charge is 2.33. The van der Waals surface area contributed by atoms with Gasteiger partial charge in [0.1, 0.15) is 17.3 Å². The number of rotatable bonds is 7. The predicted octanol–water partition coefficient (Wildman–Crippen LogP) is 3.36. The first-order valence-corrected chi connectivity index (χ1v) is 10.5. The van der Waals surface area contributed by atoms with Crippen LogP contribution in [0.15, 0.2) is 42.9 Å². The molecule has 0 saturated carbocycles. The van der Waals surface area contributed by atoms with Crippen molar-refractivity contribution >= 4 is 29.7 Å². The summed E-state index contributed by atoms with van der Waals surface area (Å²) in [7, 11) is 1.57. The number of urea groups is 2. The van der Waals surface area contributed by atoms with Crippen LogP contribution in [0.5, 0.6) is 11.5 Å². The van der Waals surface area contributed by atoms with E-state index in [9.17, 15) is 9.59 Å². The number of carbonyl (C=O) groups excluding carboxylic acids is 2. The van der Waals surface area contributed by atoms with Crippen LogP contribution in [0.1, 0.15) is 5.69 Å². The van der Waals surface area contributed by atoms with Gasteiger partial charge in [-0.2, -0.15) is 9.30 Å². The van der Waals surface area contributed by atoms with E-state index in [1.165, 1.54) is 4.20 Å². The molecule has 3 aromatic rings. The molecule has 12 heteroatoms. The highest BCUT2D eigenvalue weighted by atomic mass is 35.5. The number of pyridine rings is 2. The summed E-state index contributed by atoms with van der Waals surface area (Å²) in [6, 6.07) is 5.91. The second-order valence-corrected chi connectivity index (χ2v) is 7.57. The zero-order valence-corrected chi connectivity index (χ0v) is 18.8. The maximum absolute atomic E-state index is 12.5. The Labute approximate surface area is 195 Å². The van der Waals surface area contributed by atoms with Crippen molar-refractivity contribution < 1.29 is 19.1 Å². The monoisotopic (exact) mass is 471 g/mol. The van der Waals surface area contributed by atoms with Crippen molar-refractivity contribution in [3.8, 4) is 22.8 Å². The molecule has 1 N–H and O–H groups in total. The highest BCUT2D eigenvalue weighted by Crippen LogP contribution is 2.28. The number of ether oxygens (including phenoxy) is 2. The summed E-state index contributed by atoms with van der Waals surface area (Å²) in [6.07, 6.45) is 4.86. The number of methoxy groups -OCH3 is 1. The van der Waals surface area contributed by atoms with Gasteiger partial charge >= 0.3 is 12.1 Å². The Balaban J connectivity index is 1.41. The summed E-state index contributed by atoms with van der Waals surface area (Å²) in [4.78, 5) is 36.3. The van der Waals surface area contributed by atoms with Gasteiger partial charge in [-0.3, -0.25) is 10.3 Å². The van der Waals surface area contributed by atoms with Crippen molar-refractivity contribution in [1.29, 1.82) is 0 Å². The Kier molecular flexibility index (Phi) is 6.71. The number of carbonyl (C=O) groups is 2. The lowest BCUT2D eigenvalue weighted by Gasteiger charge is -2.17. The minimum absolute atomic E-state index is 0.307. The third-order valence-electron chi connectivity index (χ3n) is 4.99. The first-order chi connectivity index (χ1) is 15.9. The molecular weight excluding hydrogens is 450 g/mol. The van der Waals surface area contributed by atoms with Crippen LogP contribution in [0, 0.1) is 6.92 Å². The summed E-state index contributed by atoms with van der Waals surface area (Å²) in [5.74, 6) is 1.39. The van der Waals surface area contributed by atoms with Gasteiger partial charge in [0.25, 0.3) is 0 Å². The fraction of sp³-hybridized carbons (Fsp3) is 0.286. The van der Waals surface area contributed by atoms with Gasteiger partial charge in [-0.05, 0) is 25.1 Å². The fourth-order valence-electron chi connectivity index (χ4n) is 3.27. The van der Waals surface area contributed by atoms with E-state index in [4.69, 9.17) is 21.3 Å². The number of anilines is 1. The smallest absolute Gasteiger partial charge is 0.331 e. The molecule has 0 aromatic carbocycles. The Hall–Kier alpha value is -3.70. The summed E-state index contributed by atoms with van der Waals surface area (Å²) < 4.78 is 12.1. The molecule has 1 saturated heterocycles. The number of aromatic nitrogens is 4. The van der Waals surface area contributed by atoms with Crippen LogP contribution in [0.2, 0.25) is 0 Å². The molecule has 0 aliphatic carbocycles. The molecule has 0 radical (unpaired) electrons. The van der Waals surface area contributed by atoms with Gasteiger partial charge < -0.3 is 14.4 Å². The lowest BCUT2D eigenvalue weighted by atomic mass is 10.2. The molecule has 4 amide bonds. The lowest BCUT2D eigenvalue weighted by molar-refractivity contribution is 0.156. The van der Waals surface area contributed by atoms with Crippen molar-refractivity contribution in [2.24, 2.45) is 0 Å². The van der Waals surface area contributed by atoms with Crippen LogP contribution in [-0.2, 0) is 4.74 Å². The molecule has 4 rings (SSSR count). The number of halogens is 1. The van der Waals surface area contributed by atoms with Crippen LogP contribution in [0.3, 0.4) is 0 Å². The average Bonchev–Trinajstić information content (AvgIpc) is 3.40. The molecule has 0 atom stereocenters. The number of imide groups is 1. The third-order valence-corrected chi connectivity index (χ3v) is 5.17. The Morgan fingerprint density at radius 1 is 1.27 bits per heavy atom. The van der Waals surface area contributed by atoms with Crippen molar-refractivity contribution in [3.63, 3.8) is 0 Å². The van der Waals surface area contributed by atoms with Gasteiger partial charge in [-0.15, -0.1) is 0 Å². The largest absolute Gasteiger partial charge is 0.455 e. The first kappa shape index (κ1) is 22.5. The van der Waals surface area contributed by atoms with Gasteiger partial charge in [-0.25, -0.2) is 19.5 Å². The molecule has 1 aliphatic heterocycles. The predicted molar refractivity (Wildman–Crippen MR) is 120 cm³/mol. The van der Waals surface area contributed by atoms with Crippen LogP contribution < -0.4 is 10.1 Å². The van der Waals surface area contributed by atoms with E-state index in [0.717, 1.165) is 10.5 Å². The van der Waals surface area contributed by atoms with Gasteiger partial charge in [0.05, 0.1) is 30.4 Å². The molecule has 11 nitrogen and oxygen atoms in total. The molecule has 0 bridgehead atoms. The van der Waals surface area contributed by atoms with Gasteiger partial charge in [0.2, 0.25) is 0 Å². The van der Waals surface area contributed by atoms with Crippen molar-refractivity contribution in [2.75, 3.05) is 38.7 Å². The maximum atomic E-state index is 12.5. The first-order valence-electron chi connectivity index (χ1n) is 10.1. The molecule has 172 valence electrons. The maximum Gasteiger partial charge on any atom is 0.331 e. The van der Waals surface area contributed by atoms with E-state index in [2.05, 4.69) is 20.4 Å². The second-order valence-electron chi connectivity index (χ2n) is 7.22. The minimum Gasteiger partial charge on any atom is -0.455 e. The summed E-state index contributed by atoms with van der Waals surface area (Å²) in [5, 5.41) is 6.59. The summed E-state index contributed by atoms with van der Waals surface area (Å²) >= 11 is 5.81. The number of nitrogens with one attached hydrogen (secondary N) is 1. The van der Waals surface area contributed by atoms with E-state index < -0.39 is 6.03 Å². The number of hydrogen-bond acceptors (Lipinski definition) is 7. The van der Waals surface area contributed by atoms with Crippen molar-refractivity contribution in [2.45, 2.75) is 6.92 Å². The van der Waals surface area contributed by atoms with E-state index in [0.29, 0.717) is 54.9 Å². The third kappa shape index (κ3) is 5.21. The average molecular weight is 472 g/mol. The molecule has 0 spiro atoms. The van der Waals surface area contributed by atoms with E-state index in [-0.39, 0.29) is 6.03 Å². The number of amides is 4. The molecule has 0 unspecified atom stereocenters. The van der Waals surface area contributed by atoms with Gasteiger partial charge in [0.15, 0.2) is 0 Å². The van der Waals surface area contributed by atoms with Crippen LogP contribution in [0.4, 0.5) is 15.4 Å². The van der Waals surface area contributed by atoms with E-state index >= 15 is 0 Å². The van der Waals surface area contributed by atoms with Crippen LogP contribution >= 0.6 is 11.8 Å². The molecular formula is C21H22ClN7O4. The normalized spacial score (nSPS) is 13.5. The van der Waals surface area contributed by atoms with E-state index in [1.54, 1.807) is 61.8 Å². The molecule has 1 aliphatic rings. The minimum atomic E-state index is -0.529. The van der Waals surface area contributed by atoms with Crippen LogP contribution in [0.25, 0.3) is 11.3 Å². The molecule has 1 fully saturated rings. The fourth-order valence-corrected chi connectivity index (χ4v) is 3.42. The standard InChI is InChI=1S/C21H22ClN7O4/c1-14-18(33-16-5-6-23-17(11-16)15-12-24-29(22)13-15)3-4-19(25-14)26-20(30)28-8-7-27(21(28)31)9-10-32-2/h3-6,11-13H,7-10H2,1-2H3,(H,25,26,30). The lowest BCUT2D eigenvalue weighted by Crippen LogP contribution is -2.39. The van der Waals surface area contributed by atoms with Crippen molar-refractivity contribution in [3.05, 3.63) is 48.5 Å². The topological polar surface area (TPSA) is 115 Å². The zero-order valence-electron chi connectivity index (χ0n) is 18.1. The van der Waals surface area contributed by atoms with Crippen molar-refractivity contribution in [1.82, 2.24) is 29.1 Å². The highest BCUT2D eigenvalue weighted by molar-refractivity contribution is 6.14. The van der Waals surface area contributed by atoms with Gasteiger partial charge in [-0.1, -0.05) is 0 Å². The molecule has 4 heterocycles. The second kappa shape index (κ2) is 9.84. The number of nitrogens with zero attached hydrogens (tertiary/aromatic N) is 6. The number of hydrogen-bond donors (Lipinski definition) is 1. The molecule has 3 aromatic heterocycles. The summed E-state index contributed by atoms with van der Waals surface area (Å²) in [6.45, 7) is 3.39. The van der Waals surface area contributed by atoms with E-state index in [1.807, 2.05) is 0 Å². The zero-order chi connectivity index (χ0) is 23.4. The van der Waals surface area contributed by atoms with Gasteiger partial charge in [0, 0.05) is 56.3 Å². The Bertz CT molecular complexity index is 1170. The Morgan fingerprint density at radius 3 is 2.85 bits per heavy atom. The SMILES string of the molecule is COCCN1CCN(C(=O)Nc2ccc(Oc3ccnc(-c4cnn(Cl)c4)c3)c(C)n2)C1=O. The molecule has 33 heavy (non-hydrogen) atoms. The number of aryl methyl sites for hydroxylation is 1. The van der Waals surface area contributed by atoms with Crippen LogP contribution in [-0.4, -0.2) is 74.5 Å². The summed E-state index contributed by atoms with van der Waals surface area (Å²) in [5.41, 5.74) is 1.97. The quantitative estimate of drug-likeness (QED) is 0.561. The Morgan fingerprint density at radius 2 is 2.12 bits per heavy atom.